The summed E-state index contributed by atoms with van der Waals surface area (Å²) in [5.41, 5.74) is 0.672. The van der Waals surface area contributed by atoms with Crippen LogP contribution in [0.4, 0.5) is 0 Å². The number of ether oxygens (including phenoxy) is 1. The molecule has 1 aliphatic heterocycles. The monoisotopic (exact) mass is 314 g/mol. The van der Waals surface area contributed by atoms with Gasteiger partial charge in [-0.15, -0.1) is 0 Å². The van der Waals surface area contributed by atoms with Crippen LogP contribution in [0.25, 0.3) is 0 Å². The Labute approximate surface area is 125 Å². The van der Waals surface area contributed by atoms with E-state index < -0.39 is 10.0 Å². The topological polar surface area (TPSA) is 71.8 Å². The fourth-order valence-electron chi connectivity index (χ4n) is 2.93. The molecule has 0 amide bonds. The van der Waals surface area contributed by atoms with E-state index in [1.54, 1.807) is 12.3 Å². The predicted octanol–water partition coefficient (Wildman–Crippen LogP) is 1.11. The Morgan fingerprint density at radius 2 is 1.90 bits per heavy atom. The number of aromatic nitrogens is 1. The van der Waals surface area contributed by atoms with Crippen LogP contribution in [0, 0.1) is 0 Å². The van der Waals surface area contributed by atoms with Gasteiger partial charge in [-0.2, -0.15) is 4.31 Å². The van der Waals surface area contributed by atoms with Crippen molar-refractivity contribution in [1.82, 2.24) is 8.87 Å². The van der Waals surface area contributed by atoms with E-state index in [2.05, 4.69) is 0 Å². The second-order valence-electron chi connectivity index (χ2n) is 6.04. The summed E-state index contributed by atoms with van der Waals surface area (Å²) in [5, 5.41) is 9.42. The van der Waals surface area contributed by atoms with Crippen molar-refractivity contribution in [3.63, 3.8) is 0 Å². The Hall–Kier alpha value is -0.890. The molecule has 2 heterocycles. The zero-order valence-corrected chi connectivity index (χ0v) is 13.2. The molecule has 1 aliphatic carbocycles. The number of rotatable bonds is 4. The van der Waals surface area contributed by atoms with Gasteiger partial charge in [-0.3, -0.25) is 0 Å². The smallest absolute Gasteiger partial charge is 0.244 e. The van der Waals surface area contributed by atoms with Crippen LogP contribution in [-0.2, 0) is 21.4 Å². The van der Waals surface area contributed by atoms with E-state index in [1.807, 2.05) is 18.4 Å². The summed E-state index contributed by atoms with van der Waals surface area (Å²) in [6.45, 7) is 4.37. The van der Waals surface area contributed by atoms with E-state index >= 15 is 0 Å². The summed E-state index contributed by atoms with van der Waals surface area (Å²) in [6, 6.07) is 1.94. The Balaban J connectivity index is 1.90. The van der Waals surface area contributed by atoms with Gasteiger partial charge in [0.25, 0.3) is 0 Å². The average Bonchev–Trinajstić information content (AvgIpc) is 3.16. The Morgan fingerprint density at radius 1 is 1.29 bits per heavy atom. The number of aliphatic hydroxyl groups excluding tert-OH is 1. The van der Waals surface area contributed by atoms with Crippen LogP contribution in [0.5, 0.6) is 0 Å². The minimum atomic E-state index is -3.52. The molecule has 1 saturated heterocycles. The lowest BCUT2D eigenvalue weighted by Gasteiger charge is -2.34. The Kier molecular flexibility index (Phi) is 3.85. The SMILES string of the molecule is CC1CN(S(=O)(=O)c2cc(CO)n(C3CC3)c2)CC(C)O1. The molecule has 2 fully saturated rings. The van der Waals surface area contributed by atoms with Gasteiger partial charge in [0.15, 0.2) is 0 Å². The van der Waals surface area contributed by atoms with Gasteiger partial charge in [-0.25, -0.2) is 8.42 Å². The van der Waals surface area contributed by atoms with Crippen LogP contribution in [-0.4, -0.2) is 47.7 Å². The molecule has 6 nitrogen and oxygen atoms in total. The number of sulfonamides is 1. The maximum atomic E-state index is 12.8. The molecule has 0 radical (unpaired) electrons. The largest absolute Gasteiger partial charge is 0.390 e. The highest BCUT2D eigenvalue weighted by Gasteiger charge is 2.34. The first-order chi connectivity index (χ1) is 9.91. The number of aliphatic hydroxyl groups is 1. The molecule has 0 spiro atoms. The first-order valence-corrected chi connectivity index (χ1v) is 8.83. The third-order valence-corrected chi connectivity index (χ3v) is 5.83. The lowest BCUT2D eigenvalue weighted by molar-refractivity contribution is -0.0440. The lowest BCUT2D eigenvalue weighted by atomic mass is 10.3. The zero-order valence-electron chi connectivity index (χ0n) is 12.4. The van der Waals surface area contributed by atoms with E-state index in [0.29, 0.717) is 24.8 Å². The fraction of sp³-hybridized carbons (Fsp3) is 0.714. The molecule has 1 N–H and O–H groups in total. The standard InChI is InChI=1S/C14H22N2O4S/c1-10-6-15(7-11(2)20-10)21(18,19)14-5-13(9-17)16(8-14)12-3-4-12/h5,8,10-12,17H,3-4,6-7,9H2,1-2H3. The highest BCUT2D eigenvalue weighted by molar-refractivity contribution is 7.89. The Bertz CT molecular complexity index is 611. The molecular formula is C14H22N2O4S. The third-order valence-electron chi connectivity index (χ3n) is 4.03. The van der Waals surface area contributed by atoms with Gasteiger partial charge in [-0.1, -0.05) is 0 Å². The fourth-order valence-corrected chi connectivity index (χ4v) is 4.58. The van der Waals surface area contributed by atoms with E-state index in [1.165, 1.54) is 4.31 Å². The van der Waals surface area contributed by atoms with Crippen LogP contribution in [0.15, 0.2) is 17.2 Å². The van der Waals surface area contributed by atoms with Gasteiger partial charge >= 0.3 is 0 Å². The van der Waals surface area contributed by atoms with Crippen LogP contribution in [0.1, 0.15) is 38.4 Å². The molecule has 2 atom stereocenters. The molecule has 3 rings (SSSR count). The lowest BCUT2D eigenvalue weighted by Crippen LogP contribution is -2.48. The van der Waals surface area contributed by atoms with Gasteiger partial charge in [0, 0.05) is 31.0 Å². The van der Waals surface area contributed by atoms with E-state index in [4.69, 9.17) is 4.74 Å². The first-order valence-electron chi connectivity index (χ1n) is 7.39. The van der Waals surface area contributed by atoms with Crippen molar-refractivity contribution >= 4 is 10.0 Å². The van der Waals surface area contributed by atoms with Crippen LogP contribution < -0.4 is 0 Å². The van der Waals surface area contributed by atoms with Gasteiger partial charge in [-0.05, 0) is 32.8 Å². The summed E-state index contributed by atoms with van der Waals surface area (Å²) in [5.74, 6) is 0. The molecule has 0 bridgehead atoms. The van der Waals surface area contributed by atoms with Gasteiger partial charge in [0.1, 0.15) is 4.90 Å². The van der Waals surface area contributed by atoms with E-state index in [0.717, 1.165) is 12.8 Å². The predicted molar refractivity (Wildman–Crippen MR) is 77.4 cm³/mol. The van der Waals surface area contributed by atoms with Crippen molar-refractivity contribution in [2.45, 2.75) is 56.4 Å². The molecule has 2 aliphatic rings. The maximum absolute atomic E-state index is 12.8. The average molecular weight is 314 g/mol. The van der Waals surface area contributed by atoms with Gasteiger partial charge < -0.3 is 14.4 Å². The highest BCUT2D eigenvalue weighted by atomic mass is 32.2. The summed E-state index contributed by atoms with van der Waals surface area (Å²) in [6.07, 6.45) is 3.56. The van der Waals surface area contributed by atoms with Crippen molar-refractivity contribution in [1.29, 1.82) is 0 Å². The molecule has 1 aromatic rings. The van der Waals surface area contributed by atoms with Crippen molar-refractivity contribution in [3.8, 4) is 0 Å². The second-order valence-corrected chi connectivity index (χ2v) is 7.98. The van der Waals surface area contributed by atoms with Crippen molar-refractivity contribution in [2.24, 2.45) is 0 Å². The number of hydrogen-bond donors (Lipinski definition) is 1. The van der Waals surface area contributed by atoms with Crippen molar-refractivity contribution < 1.29 is 18.3 Å². The zero-order chi connectivity index (χ0) is 15.2. The van der Waals surface area contributed by atoms with Crippen molar-refractivity contribution in [2.75, 3.05) is 13.1 Å². The molecule has 7 heteroatoms. The maximum Gasteiger partial charge on any atom is 0.244 e. The molecule has 0 aromatic carbocycles. The molecule has 1 aromatic heterocycles. The van der Waals surface area contributed by atoms with Crippen LogP contribution in [0.3, 0.4) is 0 Å². The number of nitrogens with zero attached hydrogens (tertiary/aromatic N) is 2. The molecule has 118 valence electrons. The summed E-state index contributed by atoms with van der Waals surface area (Å²) >= 11 is 0. The molecular weight excluding hydrogens is 292 g/mol. The van der Waals surface area contributed by atoms with Crippen LogP contribution >= 0.6 is 0 Å². The Morgan fingerprint density at radius 3 is 2.43 bits per heavy atom. The third kappa shape index (κ3) is 2.88. The summed E-state index contributed by atoms with van der Waals surface area (Å²) < 4.78 is 34.5. The van der Waals surface area contributed by atoms with Crippen molar-refractivity contribution in [3.05, 3.63) is 18.0 Å². The molecule has 21 heavy (non-hydrogen) atoms. The molecule has 1 saturated carbocycles. The normalized spacial score (nSPS) is 28.0. The number of hydrogen-bond acceptors (Lipinski definition) is 4. The number of morpholine rings is 1. The van der Waals surface area contributed by atoms with Crippen LogP contribution in [0.2, 0.25) is 0 Å². The van der Waals surface area contributed by atoms with Gasteiger partial charge in [0.05, 0.1) is 18.8 Å². The first kappa shape index (κ1) is 15.0. The van der Waals surface area contributed by atoms with Gasteiger partial charge in [0.2, 0.25) is 10.0 Å². The van der Waals surface area contributed by atoms with E-state index in [9.17, 15) is 13.5 Å². The summed E-state index contributed by atoms with van der Waals surface area (Å²) in [4.78, 5) is 0.278. The molecule has 2 unspecified atom stereocenters. The quantitative estimate of drug-likeness (QED) is 0.904. The minimum absolute atomic E-state index is 0.105. The highest BCUT2D eigenvalue weighted by Crippen LogP contribution is 2.37. The summed E-state index contributed by atoms with van der Waals surface area (Å²) in [7, 11) is -3.52. The minimum Gasteiger partial charge on any atom is -0.390 e. The van der Waals surface area contributed by atoms with E-state index in [-0.39, 0.29) is 23.7 Å². The second kappa shape index (κ2) is 5.39.